The Bertz CT molecular complexity index is 597. The Balaban J connectivity index is 2.97. The highest BCUT2D eigenvalue weighted by Gasteiger charge is 2.19. The molecule has 1 unspecified atom stereocenters. The van der Waals surface area contributed by atoms with Gasteiger partial charge in [-0.15, -0.1) is 0 Å². The molecule has 0 spiro atoms. The third-order valence-electron chi connectivity index (χ3n) is 2.25. The van der Waals surface area contributed by atoms with Gasteiger partial charge in [0.1, 0.15) is 0 Å². The molecule has 0 fully saturated rings. The summed E-state index contributed by atoms with van der Waals surface area (Å²) in [5, 5.41) is 8.80. The lowest BCUT2D eigenvalue weighted by Crippen LogP contribution is -2.35. The van der Waals surface area contributed by atoms with Gasteiger partial charge in [-0.05, 0) is 25.1 Å². The highest BCUT2D eigenvalue weighted by Crippen LogP contribution is 2.12. The Morgan fingerprint density at radius 1 is 1.42 bits per heavy atom. The quantitative estimate of drug-likeness (QED) is 0.674. The Hall–Kier alpha value is -1.93. The second kappa shape index (κ2) is 5.81. The van der Waals surface area contributed by atoms with E-state index in [1.54, 1.807) is 0 Å². The highest BCUT2D eigenvalue weighted by atomic mass is 32.2. The van der Waals surface area contributed by atoms with E-state index in [9.17, 15) is 18.0 Å². The molecule has 1 rings (SSSR count). The summed E-state index contributed by atoms with van der Waals surface area (Å²) in [6, 6.07) is 4.26. The number of primary amides is 1. The zero-order valence-electron chi connectivity index (χ0n) is 10.2. The fraction of sp³-hybridized carbons (Fsp3) is 0.273. The van der Waals surface area contributed by atoms with E-state index in [4.69, 9.17) is 10.8 Å². The molecule has 104 valence electrons. The number of carboxylic acid groups (broad SMARTS) is 1. The smallest absolute Gasteiger partial charge is 0.335 e. The van der Waals surface area contributed by atoms with E-state index in [1.165, 1.54) is 25.1 Å². The monoisotopic (exact) mass is 286 g/mol. The molecule has 7 nitrogen and oxygen atoms in total. The summed E-state index contributed by atoms with van der Waals surface area (Å²) in [5.74, 6) is -1.85. The van der Waals surface area contributed by atoms with E-state index < -0.39 is 27.9 Å². The summed E-state index contributed by atoms with van der Waals surface area (Å²) in [5.41, 5.74) is 4.83. The van der Waals surface area contributed by atoms with E-state index in [0.29, 0.717) is 0 Å². The van der Waals surface area contributed by atoms with Crippen molar-refractivity contribution in [3.63, 3.8) is 0 Å². The predicted molar refractivity (Wildman–Crippen MR) is 67.0 cm³/mol. The van der Waals surface area contributed by atoms with Gasteiger partial charge in [-0.1, -0.05) is 6.07 Å². The molecule has 0 bridgehead atoms. The van der Waals surface area contributed by atoms with Crippen molar-refractivity contribution in [1.29, 1.82) is 0 Å². The van der Waals surface area contributed by atoms with Crippen LogP contribution in [-0.2, 0) is 14.8 Å². The molecule has 1 atom stereocenters. The summed E-state index contributed by atoms with van der Waals surface area (Å²) in [6.07, 6.45) is -0.141. The van der Waals surface area contributed by atoms with Crippen LogP contribution in [0, 0.1) is 0 Å². The first-order chi connectivity index (χ1) is 8.72. The van der Waals surface area contributed by atoms with Crippen LogP contribution in [0.4, 0.5) is 0 Å². The molecular weight excluding hydrogens is 272 g/mol. The lowest BCUT2D eigenvalue weighted by molar-refractivity contribution is -0.118. The minimum atomic E-state index is -3.88. The fourth-order valence-corrected chi connectivity index (χ4v) is 2.76. The van der Waals surface area contributed by atoms with Gasteiger partial charge in [0, 0.05) is 12.5 Å². The van der Waals surface area contributed by atoms with Gasteiger partial charge in [-0.2, -0.15) is 0 Å². The molecule has 0 aliphatic heterocycles. The number of nitrogens with two attached hydrogens (primary N) is 1. The number of carbonyl (C=O) groups is 2. The van der Waals surface area contributed by atoms with E-state index in [2.05, 4.69) is 4.72 Å². The van der Waals surface area contributed by atoms with Crippen molar-refractivity contribution in [2.24, 2.45) is 5.73 Å². The Morgan fingerprint density at radius 2 is 2.05 bits per heavy atom. The van der Waals surface area contributed by atoms with E-state index >= 15 is 0 Å². The van der Waals surface area contributed by atoms with E-state index in [1.807, 2.05) is 0 Å². The SMILES string of the molecule is CC(CC(N)=O)NS(=O)(=O)c1cccc(C(=O)O)c1. The maximum Gasteiger partial charge on any atom is 0.335 e. The summed E-state index contributed by atoms with van der Waals surface area (Å²) in [7, 11) is -3.88. The molecule has 0 aliphatic rings. The molecule has 19 heavy (non-hydrogen) atoms. The van der Waals surface area contributed by atoms with Gasteiger partial charge in [0.25, 0.3) is 0 Å². The second-order valence-corrected chi connectivity index (χ2v) is 5.74. The maximum absolute atomic E-state index is 11.9. The number of carboxylic acids is 1. The van der Waals surface area contributed by atoms with Gasteiger partial charge in [-0.3, -0.25) is 4.79 Å². The molecule has 0 saturated carbocycles. The van der Waals surface area contributed by atoms with Crippen LogP contribution in [0.1, 0.15) is 23.7 Å². The number of carbonyl (C=O) groups excluding carboxylic acids is 1. The van der Waals surface area contributed by atoms with Crippen LogP contribution in [0.25, 0.3) is 0 Å². The first-order valence-electron chi connectivity index (χ1n) is 5.36. The van der Waals surface area contributed by atoms with Crippen LogP contribution in [0.15, 0.2) is 29.2 Å². The molecule has 0 saturated heterocycles. The van der Waals surface area contributed by atoms with Crippen LogP contribution in [0.3, 0.4) is 0 Å². The molecule has 0 radical (unpaired) electrons. The normalized spacial score (nSPS) is 12.9. The Labute approximate surface area is 110 Å². The molecule has 1 amide bonds. The predicted octanol–water partition coefficient (Wildman–Crippen LogP) is -0.0730. The van der Waals surface area contributed by atoms with Crippen LogP contribution >= 0.6 is 0 Å². The number of hydrogen-bond acceptors (Lipinski definition) is 4. The minimum absolute atomic E-state index is 0.134. The van der Waals surface area contributed by atoms with Crippen LogP contribution in [0.2, 0.25) is 0 Å². The topological polar surface area (TPSA) is 127 Å². The van der Waals surface area contributed by atoms with E-state index in [-0.39, 0.29) is 16.9 Å². The standard InChI is InChI=1S/C11H14N2O5S/c1-7(5-10(12)14)13-19(17,18)9-4-2-3-8(6-9)11(15)16/h2-4,6-7,13H,5H2,1H3,(H2,12,14)(H,15,16). The van der Waals surface area contributed by atoms with Crippen molar-refractivity contribution in [1.82, 2.24) is 4.72 Å². The third kappa shape index (κ3) is 4.34. The second-order valence-electron chi connectivity index (χ2n) is 4.03. The highest BCUT2D eigenvalue weighted by molar-refractivity contribution is 7.89. The summed E-state index contributed by atoms with van der Waals surface area (Å²) >= 11 is 0. The average Bonchev–Trinajstić information content (AvgIpc) is 2.27. The van der Waals surface area contributed by atoms with Crippen molar-refractivity contribution in [3.05, 3.63) is 29.8 Å². The minimum Gasteiger partial charge on any atom is -0.478 e. The van der Waals surface area contributed by atoms with Crippen molar-refractivity contribution in [3.8, 4) is 0 Å². The maximum atomic E-state index is 11.9. The molecule has 1 aromatic carbocycles. The van der Waals surface area contributed by atoms with Gasteiger partial charge >= 0.3 is 5.97 Å². The largest absolute Gasteiger partial charge is 0.478 e. The molecule has 0 aliphatic carbocycles. The summed E-state index contributed by atoms with van der Waals surface area (Å²) in [6.45, 7) is 1.49. The number of rotatable bonds is 6. The number of benzene rings is 1. The molecule has 0 aromatic heterocycles. The van der Waals surface area contributed by atoms with Gasteiger partial charge in [0.15, 0.2) is 0 Å². The van der Waals surface area contributed by atoms with Crippen LogP contribution in [-0.4, -0.2) is 31.4 Å². The molecule has 4 N–H and O–H groups in total. The first kappa shape index (κ1) is 15.1. The number of aromatic carboxylic acids is 1. The third-order valence-corrected chi connectivity index (χ3v) is 3.84. The van der Waals surface area contributed by atoms with Gasteiger partial charge in [0.2, 0.25) is 15.9 Å². The lowest BCUT2D eigenvalue weighted by Gasteiger charge is -2.12. The number of sulfonamides is 1. The summed E-state index contributed by atoms with van der Waals surface area (Å²) < 4.78 is 26.1. The molecule has 0 heterocycles. The number of hydrogen-bond donors (Lipinski definition) is 3. The zero-order chi connectivity index (χ0) is 14.6. The lowest BCUT2D eigenvalue weighted by atomic mass is 10.2. The first-order valence-corrected chi connectivity index (χ1v) is 6.84. The van der Waals surface area contributed by atoms with Crippen molar-refractivity contribution in [2.45, 2.75) is 24.3 Å². The van der Waals surface area contributed by atoms with Crippen molar-refractivity contribution < 1.29 is 23.1 Å². The summed E-state index contributed by atoms with van der Waals surface area (Å²) in [4.78, 5) is 21.3. The molecular formula is C11H14N2O5S. The van der Waals surface area contributed by atoms with Crippen LogP contribution in [0.5, 0.6) is 0 Å². The van der Waals surface area contributed by atoms with Gasteiger partial charge in [-0.25, -0.2) is 17.9 Å². The fourth-order valence-electron chi connectivity index (χ4n) is 1.47. The average molecular weight is 286 g/mol. The van der Waals surface area contributed by atoms with Gasteiger partial charge in [0.05, 0.1) is 10.5 Å². The van der Waals surface area contributed by atoms with E-state index in [0.717, 1.165) is 6.07 Å². The number of amides is 1. The number of nitrogens with one attached hydrogen (secondary N) is 1. The van der Waals surface area contributed by atoms with Crippen LogP contribution < -0.4 is 10.5 Å². The Morgan fingerprint density at radius 3 is 2.58 bits per heavy atom. The zero-order valence-corrected chi connectivity index (χ0v) is 11.0. The van der Waals surface area contributed by atoms with Gasteiger partial charge < -0.3 is 10.8 Å². The van der Waals surface area contributed by atoms with Crippen molar-refractivity contribution >= 4 is 21.9 Å². The Kier molecular flexibility index (Phi) is 4.62. The molecule has 8 heteroatoms. The molecule has 1 aromatic rings. The van der Waals surface area contributed by atoms with Crippen molar-refractivity contribution in [2.75, 3.05) is 0 Å².